The van der Waals surface area contributed by atoms with E-state index in [1.54, 1.807) is 37.4 Å². The molecule has 2 rings (SSSR count). The highest BCUT2D eigenvalue weighted by molar-refractivity contribution is 7.90. The summed E-state index contributed by atoms with van der Waals surface area (Å²) < 4.78 is 22.9. The molecule has 0 aliphatic carbocycles. The van der Waals surface area contributed by atoms with Crippen LogP contribution in [0.3, 0.4) is 0 Å². The van der Waals surface area contributed by atoms with Crippen molar-refractivity contribution in [2.75, 3.05) is 18.2 Å². The van der Waals surface area contributed by atoms with Crippen molar-refractivity contribution in [3.63, 3.8) is 0 Å². The van der Waals surface area contributed by atoms with Crippen molar-refractivity contribution in [3.8, 4) is 0 Å². The third-order valence-corrected chi connectivity index (χ3v) is 4.48. The van der Waals surface area contributed by atoms with E-state index in [2.05, 4.69) is 6.58 Å². The maximum Gasteiger partial charge on any atom is 0.258 e. The molecular formula is C17H17NO3S. The first-order chi connectivity index (χ1) is 10.3. The fourth-order valence-electron chi connectivity index (χ4n) is 1.99. The largest absolute Gasteiger partial charge is 0.311 e. The van der Waals surface area contributed by atoms with Gasteiger partial charge in [0.25, 0.3) is 5.91 Å². The Kier molecular flexibility index (Phi) is 4.47. The molecule has 0 saturated heterocycles. The van der Waals surface area contributed by atoms with Crippen LogP contribution in [-0.2, 0) is 9.84 Å². The Balaban J connectivity index is 2.24. The lowest BCUT2D eigenvalue weighted by Gasteiger charge is -2.17. The van der Waals surface area contributed by atoms with E-state index in [0.29, 0.717) is 11.3 Å². The highest BCUT2D eigenvalue weighted by Crippen LogP contribution is 2.19. The van der Waals surface area contributed by atoms with Gasteiger partial charge in [-0.05, 0) is 42.0 Å². The van der Waals surface area contributed by atoms with Crippen molar-refractivity contribution < 1.29 is 13.2 Å². The number of anilines is 1. The van der Waals surface area contributed by atoms with Crippen molar-refractivity contribution in [3.05, 3.63) is 66.2 Å². The molecule has 22 heavy (non-hydrogen) atoms. The minimum atomic E-state index is -3.24. The molecule has 0 spiro atoms. The second-order valence-electron chi connectivity index (χ2n) is 4.96. The van der Waals surface area contributed by atoms with Gasteiger partial charge in [-0.3, -0.25) is 4.79 Å². The number of carbonyl (C=O) groups excluding carboxylic acids is 1. The average Bonchev–Trinajstić information content (AvgIpc) is 2.53. The van der Waals surface area contributed by atoms with E-state index in [9.17, 15) is 13.2 Å². The lowest BCUT2D eigenvalue weighted by molar-refractivity contribution is 0.0993. The van der Waals surface area contributed by atoms with Gasteiger partial charge in [0, 0.05) is 24.6 Å². The summed E-state index contributed by atoms with van der Waals surface area (Å²) >= 11 is 0. The lowest BCUT2D eigenvalue weighted by Crippen LogP contribution is -2.26. The van der Waals surface area contributed by atoms with Gasteiger partial charge in [0.15, 0.2) is 9.84 Å². The van der Waals surface area contributed by atoms with Crippen LogP contribution in [0.5, 0.6) is 0 Å². The molecule has 114 valence electrons. The smallest absolute Gasteiger partial charge is 0.258 e. The van der Waals surface area contributed by atoms with Gasteiger partial charge in [-0.2, -0.15) is 0 Å². The quantitative estimate of drug-likeness (QED) is 0.871. The maximum atomic E-state index is 12.4. The SMILES string of the molecule is C=Cc1ccc(C(=O)N(C)c2ccc(S(C)(=O)=O)cc2)cc1. The summed E-state index contributed by atoms with van der Waals surface area (Å²) in [5.74, 6) is -0.164. The van der Waals surface area contributed by atoms with E-state index in [1.165, 1.54) is 17.0 Å². The molecule has 2 aromatic carbocycles. The van der Waals surface area contributed by atoms with E-state index in [1.807, 2.05) is 12.1 Å². The minimum Gasteiger partial charge on any atom is -0.311 e. The molecule has 0 aliphatic rings. The molecule has 1 amide bonds. The summed E-state index contributed by atoms with van der Waals surface area (Å²) in [5, 5.41) is 0. The number of carbonyl (C=O) groups is 1. The molecule has 0 heterocycles. The summed E-state index contributed by atoms with van der Waals surface area (Å²) in [6.07, 6.45) is 2.86. The molecule has 5 heteroatoms. The molecule has 0 N–H and O–H groups in total. The first-order valence-corrected chi connectivity index (χ1v) is 8.53. The first kappa shape index (κ1) is 16.0. The highest BCUT2D eigenvalue weighted by atomic mass is 32.2. The number of nitrogens with zero attached hydrogens (tertiary/aromatic N) is 1. The van der Waals surface area contributed by atoms with Crippen LogP contribution < -0.4 is 4.90 Å². The Labute approximate surface area is 130 Å². The topological polar surface area (TPSA) is 54.5 Å². The monoisotopic (exact) mass is 315 g/mol. The Morgan fingerprint density at radius 3 is 2.05 bits per heavy atom. The third-order valence-electron chi connectivity index (χ3n) is 3.35. The number of amides is 1. The van der Waals surface area contributed by atoms with Gasteiger partial charge in [0.05, 0.1) is 4.90 Å². The van der Waals surface area contributed by atoms with Gasteiger partial charge >= 0.3 is 0 Å². The third kappa shape index (κ3) is 3.43. The van der Waals surface area contributed by atoms with Gasteiger partial charge in [-0.1, -0.05) is 24.8 Å². The van der Waals surface area contributed by atoms with Crippen molar-refractivity contribution in [1.82, 2.24) is 0 Å². The van der Waals surface area contributed by atoms with Gasteiger partial charge in [-0.15, -0.1) is 0 Å². The average molecular weight is 315 g/mol. The summed E-state index contributed by atoms with van der Waals surface area (Å²) in [4.78, 5) is 14.1. The zero-order valence-electron chi connectivity index (χ0n) is 12.5. The fourth-order valence-corrected chi connectivity index (χ4v) is 2.62. The highest BCUT2D eigenvalue weighted by Gasteiger charge is 2.14. The predicted molar refractivity (Wildman–Crippen MR) is 88.8 cm³/mol. The number of rotatable bonds is 4. The number of hydrogen-bond donors (Lipinski definition) is 0. The van der Waals surface area contributed by atoms with Crippen molar-refractivity contribution >= 4 is 27.5 Å². The van der Waals surface area contributed by atoms with Crippen LogP contribution in [0.4, 0.5) is 5.69 Å². The van der Waals surface area contributed by atoms with Gasteiger partial charge < -0.3 is 4.90 Å². The second kappa shape index (κ2) is 6.15. The van der Waals surface area contributed by atoms with E-state index in [-0.39, 0.29) is 10.8 Å². The summed E-state index contributed by atoms with van der Waals surface area (Å²) in [6.45, 7) is 3.67. The Bertz CT molecular complexity index is 791. The van der Waals surface area contributed by atoms with Crippen LogP contribution in [0.25, 0.3) is 6.08 Å². The zero-order chi connectivity index (χ0) is 16.3. The summed E-state index contributed by atoms with van der Waals surface area (Å²) in [5.41, 5.74) is 2.13. The zero-order valence-corrected chi connectivity index (χ0v) is 13.3. The number of hydrogen-bond acceptors (Lipinski definition) is 3. The van der Waals surface area contributed by atoms with Crippen LogP contribution in [0.15, 0.2) is 60.0 Å². The molecule has 0 atom stereocenters. The Morgan fingerprint density at radius 1 is 1.05 bits per heavy atom. The lowest BCUT2D eigenvalue weighted by atomic mass is 10.1. The van der Waals surface area contributed by atoms with Crippen LogP contribution in [0, 0.1) is 0 Å². The Hall–Kier alpha value is -2.40. The van der Waals surface area contributed by atoms with Gasteiger partial charge in [-0.25, -0.2) is 8.42 Å². The fraction of sp³-hybridized carbons (Fsp3) is 0.118. The van der Waals surface area contributed by atoms with E-state index >= 15 is 0 Å². The van der Waals surface area contributed by atoms with Crippen molar-refractivity contribution in [1.29, 1.82) is 0 Å². The predicted octanol–water partition coefficient (Wildman–Crippen LogP) is 3.01. The van der Waals surface area contributed by atoms with Gasteiger partial charge in [0.2, 0.25) is 0 Å². The summed E-state index contributed by atoms with van der Waals surface area (Å²) in [7, 11) is -1.59. The number of benzene rings is 2. The second-order valence-corrected chi connectivity index (χ2v) is 6.97. The van der Waals surface area contributed by atoms with E-state index < -0.39 is 9.84 Å². The molecule has 0 fully saturated rings. The minimum absolute atomic E-state index is 0.164. The molecule has 0 unspecified atom stereocenters. The molecule has 4 nitrogen and oxygen atoms in total. The molecule has 0 bridgehead atoms. The van der Waals surface area contributed by atoms with Crippen LogP contribution in [0.2, 0.25) is 0 Å². The molecule has 0 aromatic heterocycles. The van der Waals surface area contributed by atoms with Gasteiger partial charge in [0.1, 0.15) is 0 Å². The molecule has 0 aliphatic heterocycles. The van der Waals surface area contributed by atoms with E-state index in [0.717, 1.165) is 11.8 Å². The Morgan fingerprint density at radius 2 is 1.59 bits per heavy atom. The van der Waals surface area contributed by atoms with Crippen LogP contribution in [0.1, 0.15) is 15.9 Å². The van der Waals surface area contributed by atoms with Crippen LogP contribution in [-0.4, -0.2) is 27.6 Å². The molecule has 0 saturated carbocycles. The molecular weight excluding hydrogens is 298 g/mol. The normalized spacial score (nSPS) is 11.0. The van der Waals surface area contributed by atoms with Crippen LogP contribution >= 0.6 is 0 Å². The standard InChI is InChI=1S/C17H17NO3S/c1-4-13-5-7-14(8-6-13)17(19)18(2)15-9-11-16(12-10-15)22(3,20)21/h4-12H,1H2,2-3H3. The molecule has 2 aromatic rings. The van der Waals surface area contributed by atoms with E-state index in [4.69, 9.17) is 0 Å². The first-order valence-electron chi connectivity index (χ1n) is 6.63. The summed E-state index contributed by atoms with van der Waals surface area (Å²) in [6, 6.07) is 13.3. The maximum absolute atomic E-state index is 12.4. The number of sulfone groups is 1. The van der Waals surface area contributed by atoms with Crippen molar-refractivity contribution in [2.45, 2.75) is 4.90 Å². The van der Waals surface area contributed by atoms with Crippen molar-refractivity contribution in [2.24, 2.45) is 0 Å². The molecule has 0 radical (unpaired) electrons.